The number of primary amides is 1. The highest BCUT2D eigenvalue weighted by Crippen LogP contribution is 2.42. The van der Waals surface area contributed by atoms with Crippen LogP contribution in [0.15, 0.2) is 30.6 Å². The molecule has 6 N–H and O–H groups in total. The summed E-state index contributed by atoms with van der Waals surface area (Å²) in [5.41, 5.74) is 17.1. The van der Waals surface area contributed by atoms with Gasteiger partial charge in [-0.25, -0.2) is 4.98 Å². The number of hydrogen-bond donors (Lipinski definition) is 3. The number of benzene rings is 1. The van der Waals surface area contributed by atoms with Gasteiger partial charge in [0.2, 0.25) is 7.44 Å². The second-order valence-electron chi connectivity index (χ2n) is 3.68. The van der Waals surface area contributed by atoms with Crippen LogP contribution in [0.1, 0.15) is 5.78 Å². The van der Waals surface area contributed by atoms with Crippen molar-refractivity contribution in [2.24, 2.45) is 16.7 Å². The van der Waals surface area contributed by atoms with E-state index < -0.39 is 19.1 Å². The molecule has 8 heteroatoms. The molecule has 2 rings (SSSR count). The molecule has 0 bridgehead atoms. The second kappa shape index (κ2) is 3.96. The zero-order chi connectivity index (χ0) is 12.6. The number of para-hydroxylation sites is 2. The lowest BCUT2D eigenvalue weighted by Crippen LogP contribution is -2.31. The van der Waals surface area contributed by atoms with Crippen LogP contribution in [0.5, 0.6) is 0 Å². The van der Waals surface area contributed by atoms with E-state index in [0.29, 0.717) is 11.0 Å². The zero-order valence-corrected chi connectivity index (χ0v) is 9.75. The first-order valence-corrected chi connectivity index (χ1v) is 6.70. The van der Waals surface area contributed by atoms with Gasteiger partial charge in [0.25, 0.3) is 5.91 Å². The van der Waals surface area contributed by atoms with Gasteiger partial charge >= 0.3 is 0 Å². The Kier molecular flexibility index (Phi) is 2.74. The molecule has 1 atom stereocenters. The summed E-state index contributed by atoms with van der Waals surface area (Å²) in [6.07, 6.45) is 1.35. The summed E-state index contributed by atoms with van der Waals surface area (Å²) in [5, 5.41) is 0. The molecule has 1 amide bonds. The fourth-order valence-corrected chi connectivity index (χ4v) is 2.67. The first-order valence-electron chi connectivity index (χ1n) is 4.79. The molecule has 1 heterocycles. The van der Waals surface area contributed by atoms with Crippen LogP contribution in [0.2, 0.25) is 0 Å². The van der Waals surface area contributed by atoms with Gasteiger partial charge in [0.1, 0.15) is 0 Å². The Morgan fingerprint density at radius 2 is 2.00 bits per heavy atom. The lowest BCUT2D eigenvalue weighted by atomic mass is 10.3. The van der Waals surface area contributed by atoms with E-state index in [-0.39, 0.29) is 0 Å². The minimum absolute atomic E-state index is 0.604. The van der Waals surface area contributed by atoms with E-state index >= 15 is 0 Å². The van der Waals surface area contributed by atoms with Gasteiger partial charge in [0.05, 0.1) is 17.4 Å². The predicted octanol–water partition coefficient (Wildman–Crippen LogP) is 0.131. The van der Waals surface area contributed by atoms with Crippen molar-refractivity contribution in [3.8, 4) is 0 Å². The summed E-state index contributed by atoms with van der Waals surface area (Å²) in [6, 6.07) is 7.02. The van der Waals surface area contributed by atoms with E-state index in [4.69, 9.17) is 16.7 Å². The summed E-state index contributed by atoms with van der Waals surface area (Å²) in [4.78, 5) is 15.4. The molecule has 1 unspecified atom stereocenters. The number of aromatic nitrogens is 2. The Hall–Kier alpha value is -1.69. The lowest BCUT2D eigenvalue weighted by molar-refractivity contribution is -0.119. The standard InChI is InChI=1S/C9H12N5O2P/c10-8(15)9(17(11,12)16)14-5-13-6-3-1-2-4-7(6)14/h1-5,9H,(H2,10,15)(H4,11,12,16). The number of carbonyl (C=O) groups excluding carboxylic acids is 1. The summed E-state index contributed by atoms with van der Waals surface area (Å²) in [6.45, 7) is 0. The van der Waals surface area contributed by atoms with Crippen LogP contribution < -0.4 is 16.7 Å². The van der Waals surface area contributed by atoms with E-state index in [0.717, 1.165) is 0 Å². The van der Waals surface area contributed by atoms with Crippen LogP contribution in [0.4, 0.5) is 0 Å². The van der Waals surface area contributed by atoms with E-state index in [1.165, 1.54) is 10.9 Å². The minimum Gasteiger partial charge on any atom is -0.367 e. The molecule has 0 spiro atoms. The highest BCUT2D eigenvalue weighted by Gasteiger charge is 2.33. The van der Waals surface area contributed by atoms with Gasteiger partial charge in [-0.15, -0.1) is 0 Å². The Morgan fingerprint density at radius 3 is 2.59 bits per heavy atom. The molecule has 0 aliphatic heterocycles. The van der Waals surface area contributed by atoms with E-state index in [9.17, 15) is 9.36 Å². The van der Waals surface area contributed by atoms with Crippen molar-refractivity contribution in [2.45, 2.75) is 5.78 Å². The molecule has 7 nitrogen and oxygen atoms in total. The molecule has 90 valence electrons. The van der Waals surface area contributed by atoms with E-state index in [1.54, 1.807) is 24.3 Å². The Labute approximate surface area is 97.1 Å². The van der Waals surface area contributed by atoms with Gasteiger partial charge in [-0.3, -0.25) is 20.4 Å². The number of carbonyl (C=O) groups is 1. The van der Waals surface area contributed by atoms with Crippen molar-refractivity contribution in [3.05, 3.63) is 30.6 Å². The SMILES string of the molecule is NC(=O)C(n1cnc2ccccc21)P(N)(N)=O. The fourth-order valence-electron chi connectivity index (χ4n) is 1.70. The topological polar surface area (TPSA) is 130 Å². The van der Waals surface area contributed by atoms with Gasteiger partial charge in [-0.1, -0.05) is 12.1 Å². The number of hydrogen-bond acceptors (Lipinski definition) is 3. The average Bonchev–Trinajstić information content (AvgIpc) is 2.60. The van der Waals surface area contributed by atoms with Gasteiger partial charge in [0.15, 0.2) is 5.78 Å². The highest BCUT2D eigenvalue weighted by molar-refractivity contribution is 7.60. The molecule has 1 aromatic heterocycles. The molecule has 0 fully saturated rings. The third kappa shape index (κ3) is 2.08. The maximum atomic E-state index is 11.7. The van der Waals surface area contributed by atoms with Crippen molar-refractivity contribution in [3.63, 3.8) is 0 Å². The lowest BCUT2D eigenvalue weighted by Gasteiger charge is -2.19. The largest absolute Gasteiger partial charge is 0.367 e. The number of nitrogens with two attached hydrogens (primary N) is 3. The molecule has 0 aliphatic rings. The monoisotopic (exact) mass is 253 g/mol. The molecule has 17 heavy (non-hydrogen) atoms. The van der Waals surface area contributed by atoms with E-state index in [2.05, 4.69) is 4.98 Å². The smallest absolute Gasteiger partial charge is 0.250 e. The van der Waals surface area contributed by atoms with Gasteiger partial charge in [0, 0.05) is 0 Å². The molecule has 0 radical (unpaired) electrons. The Morgan fingerprint density at radius 1 is 1.35 bits per heavy atom. The van der Waals surface area contributed by atoms with Crippen LogP contribution in [0.25, 0.3) is 11.0 Å². The Balaban J connectivity index is 2.65. The van der Waals surface area contributed by atoms with Crippen molar-refractivity contribution in [1.29, 1.82) is 0 Å². The highest BCUT2D eigenvalue weighted by atomic mass is 31.2. The first kappa shape index (κ1) is 11.8. The van der Waals surface area contributed by atoms with Gasteiger partial charge in [-0.05, 0) is 12.1 Å². The predicted molar refractivity (Wildman–Crippen MR) is 63.9 cm³/mol. The summed E-state index contributed by atoms with van der Waals surface area (Å²) < 4.78 is 13.1. The van der Waals surface area contributed by atoms with E-state index in [1.807, 2.05) is 0 Å². The van der Waals surface area contributed by atoms with Crippen LogP contribution in [0.3, 0.4) is 0 Å². The second-order valence-corrected chi connectivity index (χ2v) is 5.70. The average molecular weight is 253 g/mol. The number of rotatable bonds is 3. The fraction of sp³-hybridized carbons (Fsp3) is 0.111. The molecular formula is C9H12N5O2P. The maximum Gasteiger partial charge on any atom is 0.250 e. The molecule has 0 saturated carbocycles. The maximum absolute atomic E-state index is 11.7. The molecule has 2 aromatic rings. The van der Waals surface area contributed by atoms with Crippen LogP contribution >= 0.6 is 7.44 Å². The summed E-state index contributed by atoms with van der Waals surface area (Å²) in [7, 11) is -3.68. The normalized spacial score (nSPS) is 13.8. The molecule has 1 aromatic carbocycles. The molecular weight excluding hydrogens is 241 g/mol. The number of fused-ring (bicyclic) bond motifs is 1. The van der Waals surface area contributed by atoms with Crippen molar-refractivity contribution < 1.29 is 9.36 Å². The van der Waals surface area contributed by atoms with Gasteiger partial charge < -0.3 is 10.3 Å². The number of amides is 1. The third-order valence-electron chi connectivity index (χ3n) is 2.38. The third-order valence-corrected chi connectivity index (χ3v) is 3.65. The molecule has 0 aliphatic carbocycles. The van der Waals surface area contributed by atoms with Crippen molar-refractivity contribution in [1.82, 2.24) is 9.55 Å². The van der Waals surface area contributed by atoms with Crippen LogP contribution in [-0.4, -0.2) is 15.5 Å². The summed E-state index contributed by atoms with van der Waals surface area (Å²) in [5.74, 6) is -2.13. The minimum atomic E-state index is -3.68. The summed E-state index contributed by atoms with van der Waals surface area (Å²) >= 11 is 0. The van der Waals surface area contributed by atoms with Gasteiger partial charge in [-0.2, -0.15) is 0 Å². The van der Waals surface area contributed by atoms with Crippen LogP contribution in [0, 0.1) is 0 Å². The number of imidazole rings is 1. The quantitative estimate of drug-likeness (QED) is 0.669. The first-order chi connectivity index (χ1) is 7.91. The Bertz CT molecular complexity index is 617. The number of nitrogens with zero attached hydrogens (tertiary/aromatic N) is 2. The molecule has 0 saturated heterocycles. The van der Waals surface area contributed by atoms with Crippen LogP contribution in [-0.2, 0) is 9.36 Å². The van der Waals surface area contributed by atoms with Crippen molar-refractivity contribution in [2.75, 3.05) is 0 Å². The van der Waals surface area contributed by atoms with Crippen molar-refractivity contribution >= 4 is 24.4 Å². The zero-order valence-electron chi connectivity index (χ0n) is 8.85.